The zero-order valence-corrected chi connectivity index (χ0v) is 19.4. The molecule has 0 fully saturated rings. The minimum atomic E-state index is -5.08. The third-order valence-corrected chi connectivity index (χ3v) is 5.08. The third-order valence-electron chi connectivity index (χ3n) is 5.08. The summed E-state index contributed by atoms with van der Waals surface area (Å²) in [5.41, 5.74) is 3.77. The van der Waals surface area contributed by atoms with Gasteiger partial charge in [0.25, 0.3) is 0 Å². The van der Waals surface area contributed by atoms with Crippen molar-refractivity contribution >= 4 is 29.5 Å². The highest BCUT2D eigenvalue weighted by molar-refractivity contribution is 5.91. The standard InChI is InChI=1S/C23H17N7O.C2HF3O2/c31-23(30-21(10-13-27-30)18-5-2-11-24-15-18)28-19-6-1-4-17(14-19)8-9-20-16-25-22-7-3-12-26-29(20)22;3-2(4,5)1(6)7/h1-7,11-16,21H,10H2,(H,28,31);(H,6,7). The lowest BCUT2D eigenvalue weighted by atomic mass is 10.1. The molecule has 38 heavy (non-hydrogen) atoms. The number of hydrogen-bond acceptors (Lipinski definition) is 6. The maximum Gasteiger partial charge on any atom is 0.490 e. The molecule has 0 radical (unpaired) electrons. The molecular formula is C25H18F3N7O3. The normalized spacial score (nSPS) is 14.3. The molecule has 0 aliphatic carbocycles. The van der Waals surface area contributed by atoms with Crippen LogP contribution in [0, 0.1) is 11.8 Å². The van der Waals surface area contributed by atoms with Crippen molar-refractivity contribution < 1.29 is 27.9 Å². The van der Waals surface area contributed by atoms with E-state index in [1.165, 1.54) is 5.01 Å². The molecule has 192 valence electrons. The van der Waals surface area contributed by atoms with Gasteiger partial charge in [-0.3, -0.25) is 4.98 Å². The van der Waals surface area contributed by atoms with Crippen molar-refractivity contribution in [1.29, 1.82) is 0 Å². The monoisotopic (exact) mass is 521 g/mol. The molecule has 5 rings (SSSR count). The number of halogens is 3. The highest BCUT2D eigenvalue weighted by atomic mass is 19.4. The summed E-state index contributed by atoms with van der Waals surface area (Å²) in [7, 11) is 0. The van der Waals surface area contributed by atoms with Gasteiger partial charge in [-0.05, 0) is 47.9 Å². The van der Waals surface area contributed by atoms with Gasteiger partial charge in [0.15, 0.2) is 5.65 Å². The minimum Gasteiger partial charge on any atom is -0.475 e. The number of fused-ring (bicyclic) bond motifs is 1. The fraction of sp³-hybridized carbons (Fsp3) is 0.120. The van der Waals surface area contributed by atoms with Crippen LogP contribution in [0.4, 0.5) is 23.7 Å². The van der Waals surface area contributed by atoms with Gasteiger partial charge in [0.05, 0.1) is 12.2 Å². The molecule has 10 nitrogen and oxygen atoms in total. The molecule has 0 saturated heterocycles. The summed E-state index contributed by atoms with van der Waals surface area (Å²) in [6.07, 6.45) is 4.14. The minimum absolute atomic E-state index is 0.167. The smallest absolute Gasteiger partial charge is 0.475 e. The van der Waals surface area contributed by atoms with Crippen LogP contribution in [0.3, 0.4) is 0 Å². The van der Waals surface area contributed by atoms with Crippen molar-refractivity contribution in [2.24, 2.45) is 5.10 Å². The summed E-state index contributed by atoms with van der Waals surface area (Å²) in [6, 6.07) is 14.4. The van der Waals surface area contributed by atoms with Crippen LogP contribution in [0.1, 0.15) is 29.3 Å². The van der Waals surface area contributed by atoms with E-state index in [0.29, 0.717) is 17.8 Å². The molecule has 1 aliphatic heterocycles. The first-order chi connectivity index (χ1) is 18.2. The van der Waals surface area contributed by atoms with Gasteiger partial charge in [-0.2, -0.15) is 23.4 Å². The predicted octanol–water partition coefficient (Wildman–Crippen LogP) is 4.12. The Hall–Kier alpha value is -5.25. The first-order valence-electron chi connectivity index (χ1n) is 11.0. The van der Waals surface area contributed by atoms with Crippen LogP contribution in [0.5, 0.6) is 0 Å². The number of anilines is 1. The Labute approximate surface area is 213 Å². The van der Waals surface area contributed by atoms with Gasteiger partial charge < -0.3 is 10.4 Å². The number of carboxylic acids is 1. The summed E-state index contributed by atoms with van der Waals surface area (Å²) in [5.74, 6) is 3.43. The van der Waals surface area contributed by atoms with Gasteiger partial charge in [-0.1, -0.05) is 18.1 Å². The van der Waals surface area contributed by atoms with Gasteiger partial charge in [0.1, 0.15) is 5.69 Å². The molecule has 2 N–H and O–H groups in total. The van der Waals surface area contributed by atoms with Crippen molar-refractivity contribution in [3.8, 4) is 11.8 Å². The van der Waals surface area contributed by atoms with Crippen LogP contribution in [0.25, 0.3) is 5.65 Å². The van der Waals surface area contributed by atoms with Crippen LogP contribution >= 0.6 is 0 Å². The van der Waals surface area contributed by atoms with E-state index in [4.69, 9.17) is 9.90 Å². The molecule has 4 aromatic rings. The van der Waals surface area contributed by atoms with E-state index in [2.05, 4.69) is 37.3 Å². The van der Waals surface area contributed by atoms with Crippen LogP contribution in [-0.2, 0) is 4.79 Å². The summed E-state index contributed by atoms with van der Waals surface area (Å²) < 4.78 is 33.4. The number of aliphatic carboxylic acids is 1. The number of hydrazone groups is 1. The molecule has 0 saturated carbocycles. The number of rotatable bonds is 2. The van der Waals surface area contributed by atoms with Gasteiger partial charge in [-0.15, -0.1) is 0 Å². The summed E-state index contributed by atoms with van der Waals surface area (Å²) in [6.45, 7) is 0. The maximum atomic E-state index is 12.8. The van der Waals surface area contributed by atoms with E-state index in [9.17, 15) is 18.0 Å². The molecule has 1 aromatic carbocycles. The van der Waals surface area contributed by atoms with Crippen LogP contribution in [0.2, 0.25) is 0 Å². The molecule has 1 unspecified atom stereocenters. The van der Waals surface area contributed by atoms with E-state index < -0.39 is 12.1 Å². The Morgan fingerprint density at radius 3 is 2.58 bits per heavy atom. The molecule has 2 amide bonds. The average Bonchev–Trinajstić information content (AvgIpc) is 3.56. The van der Waals surface area contributed by atoms with Crippen molar-refractivity contribution in [3.05, 3.63) is 90.1 Å². The summed E-state index contributed by atoms with van der Waals surface area (Å²) in [5, 5.41) is 20.0. The Balaban J connectivity index is 0.000000426. The number of amides is 2. The number of carbonyl (C=O) groups is 2. The van der Waals surface area contributed by atoms with Gasteiger partial charge in [0, 0.05) is 42.5 Å². The van der Waals surface area contributed by atoms with E-state index in [1.807, 2.05) is 48.5 Å². The SMILES string of the molecule is O=C(Nc1cccc(C#Cc2cnc3cccnn23)c1)N1N=CCC1c1cccnc1.O=C(O)C(F)(F)F. The molecular weight excluding hydrogens is 503 g/mol. The zero-order chi connectivity index (χ0) is 27.1. The fourth-order valence-electron chi connectivity index (χ4n) is 3.37. The van der Waals surface area contributed by atoms with Crippen LogP contribution in [0.15, 0.2) is 78.4 Å². The number of carboxylic acid groups (broad SMARTS) is 1. The molecule has 3 aromatic heterocycles. The number of urea groups is 1. The maximum absolute atomic E-state index is 12.8. The van der Waals surface area contributed by atoms with E-state index in [1.54, 1.807) is 35.5 Å². The lowest BCUT2D eigenvalue weighted by Crippen LogP contribution is -2.31. The molecule has 0 bridgehead atoms. The second-order valence-corrected chi connectivity index (χ2v) is 7.68. The number of pyridine rings is 1. The quantitative estimate of drug-likeness (QED) is 0.383. The Morgan fingerprint density at radius 2 is 1.84 bits per heavy atom. The van der Waals surface area contributed by atoms with E-state index in [-0.39, 0.29) is 12.1 Å². The number of imidazole rings is 1. The van der Waals surface area contributed by atoms with Gasteiger partial charge >= 0.3 is 18.2 Å². The van der Waals surface area contributed by atoms with E-state index >= 15 is 0 Å². The van der Waals surface area contributed by atoms with Gasteiger partial charge in [-0.25, -0.2) is 24.1 Å². The van der Waals surface area contributed by atoms with Crippen LogP contribution < -0.4 is 5.32 Å². The first kappa shape index (κ1) is 25.8. The second-order valence-electron chi connectivity index (χ2n) is 7.68. The number of alkyl halides is 3. The van der Waals surface area contributed by atoms with Crippen LogP contribution in [-0.4, -0.2) is 54.1 Å². The van der Waals surface area contributed by atoms with E-state index in [0.717, 1.165) is 16.8 Å². The number of nitrogens with one attached hydrogen (secondary N) is 1. The predicted molar refractivity (Wildman–Crippen MR) is 130 cm³/mol. The summed E-state index contributed by atoms with van der Waals surface area (Å²) >= 11 is 0. The first-order valence-corrected chi connectivity index (χ1v) is 11.0. The highest BCUT2D eigenvalue weighted by Gasteiger charge is 2.38. The van der Waals surface area contributed by atoms with Crippen molar-refractivity contribution in [2.75, 3.05) is 5.32 Å². The third kappa shape index (κ3) is 6.30. The van der Waals surface area contributed by atoms with Crippen molar-refractivity contribution in [3.63, 3.8) is 0 Å². The topological polar surface area (TPSA) is 125 Å². The Morgan fingerprint density at radius 1 is 1.05 bits per heavy atom. The number of hydrogen-bond donors (Lipinski definition) is 2. The molecule has 13 heteroatoms. The zero-order valence-electron chi connectivity index (χ0n) is 19.4. The average molecular weight is 521 g/mol. The number of benzene rings is 1. The fourth-order valence-corrected chi connectivity index (χ4v) is 3.37. The molecule has 0 spiro atoms. The molecule has 1 atom stereocenters. The lowest BCUT2D eigenvalue weighted by molar-refractivity contribution is -0.192. The number of nitrogens with zero attached hydrogens (tertiary/aromatic N) is 6. The Bertz CT molecular complexity index is 1540. The molecule has 4 heterocycles. The number of aromatic nitrogens is 4. The second kappa shape index (κ2) is 11.2. The largest absolute Gasteiger partial charge is 0.490 e. The highest BCUT2D eigenvalue weighted by Crippen LogP contribution is 2.28. The molecule has 1 aliphatic rings. The van der Waals surface area contributed by atoms with Crippen molar-refractivity contribution in [2.45, 2.75) is 18.6 Å². The Kier molecular flexibility index (Phi) is 7.62. The lowest BCUT2D eigenvalue weighted by Gasteiger charge is -2.22. The van der Waals surface area contributed by atoms with Gasteiger partial charge in [0.2, 0.25) is 0 Å². The number of carbonyl (C=O) groups excluding carboxylic acids is 1. The summed E-state index contributed by atoms with van der Waals surface area (Å²) in [4.78, 5) is 30.1. The van der Waals surface area contributed by atoms with Crippen molar-refractivity contribution in [1.82, 2.24) is 24.6 Å².